The van der Waals surface area contributed by atoms with Crippen LogP contribution in [-0.4, -0.2) is 10.0 Å². The van der Waals surface area contributed by atoms with E-state index >= 15 is 0 Å². The molecule has 2 rings (SSSR count). The molecule has 5 nitrogen and oxygen atoms in total. The molecule has 0 unspecified atom stereocenters. The molecule has 0 bridgehead atoms. The van der Waals surface area contributed by atoms with Gasteiger partial charge in [-0.2, -0.15) is 0 Å². The molecular weight excluding hydrogens is 172 g/mol. The Bertz CT molecular complexity index is 376. The van der Waals surface area contributed by atoms with Crippen molar-refractivity contribution in [1.29, 1.82) is 0 Å². The van der Waals surface area contributed by atoms with Gasteiger partial charge in [0.15, 0.2) is 5.75 Å². The number of phenolic OH excluding ortho intramolecular Hbond substituents is 1. The van der Waals surface area contributed by atoms with E-state index in [0.717, 1.165) is 11.1 Å². The smallest absolute Gasteiger partial charge is 0.311 e. The molecule has 13 heavy (non-hydrogen) atoms. The van der Waals surface area contributed by atoms with Gasteiger partial charge in [0.05, 0.1) is 4.92 Å². The second-order valence-electron chi connectivity index (χ2n) is 2.97. The summed E-state index contributed by atoms with van der Waals surface area (Å²) in [5.41, 5.74) is 1.61. The molecule has 0 radical (unpaired) electrons. The van der Waals surface area contributed by atoms with Crippen LogP contribution in [0.3, 0.4) is 0 Å². The molecule has 0 atom stereocenters. The first kappa shape index (κ1) is 8.00. The molecule has 1 aromatic rings. The average Bonchev–Trinajstić information content (AvgIpc) is 2.48. The van der Waals surface area contributed by atoms with Crippen LogP contribution in [0, 0.1) is 10.1 Å². The Labute approximate surface area is 74.2 Å². The van der Waals surface area contributed by atoms with Crippen molar-refractivity contribution in [2.75, 3.05) is 0 Å². The monoisotopic (exact) mass is 180 g/mol. The summed E-state index contributed by atoms with van der Waals surface area (Å²) in [5, 5.41) is 22.8. The van der Waals surface area contributed by atoms with E-state index in [1.807, 2.05) is 0 Å². The first-order valence-electron chi connectivity index (χ1n) is 3.88. The summed E-state index contributed by atoms with van der Waals surface area (Å²) in [6.45, 7) is 1.30. The van der Waals surface area contributed by atoms with E-state index in [0.29, 0.717) is 13.1 Å². The number of nitro groups is 1. The quantitative estimate of drug-likeness (QED) is 0.497. The highest BCUT2D eigenvalue weighted by Gasteiger charge is 2.19. The minimum absolute atomic E-state index is 0.220. The Hall–Kier alpha value is -1.62. The van der Waals surface area contributed by atoms with Crippen molar-refractivity contribution < 1.29 is 10.0 Å². The average molecular weight is 180 g/mol. The molecule has 0 saturated heterocycles. The van der Waals surface area contributed by atoms with Gasteiger partial charge in [0.1, 0.15) is 0 Å². The number of aromatic hydroxyl groups is 1. The van der Waals surface area contributed by atoms with Crippen LogP contribution < -0.4 is 5.32 Å². The maximum Gasteiger partial charge on any atom is 0.311 e. The molecule has 1 heterocycles. The van der Waals surface area contributed by atoms with E-state index in [1.54, 1.807) is 0 Å². The summed E-state index contributed by atoms with van der Waals surface area (Å²) >= 11 is 0. The van der Waals surface area contributed by atoms with Gasteiger partial charge in [0.25, 0.3) is 0 Å². The zero-order chi connectivity index (χ0) is 9.42. The van der Waals surface area contributed by atoms with Crippen molar-refractivity contribution in [3.63, 3.8) is 0 Å². The number of rotatable bonds is 1. The lowest BCUT2D eigenvalue weighted by atomic mass is 10.1. The largest absolute Gasteiger partial charge is 0.502 e. The van der Waals surface area contributed by atoms with Crippen molar-refractivity contribution in [1.82, 2.24) is 5.32 Å². The van der Waals surface area contributed by atoms with Gasteiger partial charge in [0, 0.05) is 19.2 Å². The van der Waals surface area contributed by atoms with Gasteiger partial charge in [-0.05, 0) is 17.2 Å². The van der Waals surface area contributed by atoms with Gasteiger partial charge in [-0.15, -0.1) is 0 Å². The summed E-state index contributed by atoms with van der Waals surface area (Å²) in [6, 6.07) is 2.87. The molecule has 0 amide bonds. The van der Waals surface area contributed by atoms with Crippen LogP contribution in [0.2, 0.25) is 0 Å². The third-order valence-electron chi connectivity index (χ3n) is 2.12. The van der Waals surface area contributed by atoms with Crippen molar-refractivity contribution in [3.8, 4) is 5.75 Å². The normalized spacial score (nSPS) is 14.2. The Balaban J connectivity index is 2.55. The van der Waals surface area contributed by atoms with E-state index in [4.69, 9.17) is 0 Å². The highest BCUT2D eigenvalue weighted by Crippen LogP contribution is 2.31. The third-order valence-corrected chi connectivity index (χ3v) is 2.12. The number of fused-ring (bicyclic) bond motifs is 1. The molecule has 1 aromatic carbocycles. The summed E-state index contributed by atoms with van der Waals surface area (Å²) < 4.78 is 0. The number of hydrogen-bond donors (Lipinski definition) is 2. The molecule has 0 saturated carbocycles. The lowest BCUT2D eigenvalue weighted by Gasteiger charge is -1.99. The third kappa shape index (κ3) is 1.23. The number of nitro benzene ring substituents is 1. The standard InChI is InChI=1S/C8H8N2O3/c11-8-2-6-4-9-3-5(6)1-7(8)10(12)13/h1-2,9,11H,3-4H2. The fourth-order valence-corrected chi connectivity index (χ4v) is 1.47. The van der Waals surface area contributed by atoms with Gasteiger partial charge >= 0.3 is 5.69 Å². The molecule has 2 N–H and O–H groups in total. The predicted octanol–water partition coefficient (Wildman–Crippen LogP) is 0.904. The fourth-order valence-electron chi connectivity index (χ4n) is 1.47. The second kappa shape index (κ2) is 2.70. The number of phenols is 1. The highest BCUT2D eigenvalue weighted by atomic mass is 16.6. The number of nitrogens with zero attached hydrogens (tertiary/aromatic N) is 1. The topological polar surface area (TPSA) is 75.4 Å². The molecule has 68 valence electrons. The lowest BCUT2D eigenvalue weighted by molar-refractivity contribution is -0.385. The Morgan fingerprint density at radius 3 is 2.62 bits per heavy atom. The van der Waals surface area contributed by atoms with Crippen molar-refractivity contribution in [3.05, 3.63) is 33.4 Å². The van der Waals surface area contributed by atoms with E-state index in [1.165, 1.54) is 12.1 Å². The maximum atomic E-state index is 10.4. The highest BCUT2D eigenvalue weighted by molar-refractivity contribution is 5.52. The molecule has 0 aromatic heterocycles. The molecular formula is C8H8N2O3. The van der Waals surface area contributed by atoms with Crippen molar-refractivity contribution in [2.24, 2.45) is 0 Å². The Morgan fingerprint density at radius 1 is 1.38 bits per heavy atom. The SMILES string of the molecule is O=[N+]([O-])c1cc2c(cc1O)CNC2. The number of benzene rings is 1. The summed E-state index contributed by atoms with van der Waals surface area (Å²) in [7, 11) is 0. The second-order valence-corrected chi connectivity index (χ2v) is 2.97. The Kier molecular flexibility index (Phi) is 1.66. The maximum absolute atomic E-state index is 10.4. The first-order valence-corrected chi connectivity index (χ1v) is 3.88. The zero-order valence-corrected chi connectivity index (χ0v) is 6.78. The van der Waals surface area contributed by atoms with Crippen molar-refractivity contribution >= 4 is 5.69 Å². The van der Waals surface area contributed by atoms with E-state index in [-0.39, 0.29) is 11.4 Å². The summed E-state index contributed by atoms with van der Waals surface area (Å²) in [6.07, 6.45) is 0. The molecule has 1 aliphatic rings. The van der Waals surface area contributed by atoms with Crippen molar-refractivity contribution in [2.45, 2.75) is 13.1 Å². The Morgan fingerprint density at radius 2 is 2.00 bits per heavy atom. The van der Waals surface area contributed by atoms with Crippen LogP contribution in [0.15, 0.2) is 12.1 Å². The first-order chi connectivity index (χ1) is 6.18. The number of nitrogens with one attached hydrogen (secondary N) is 1. The van der Waals surface area contributed by atoms with Crippen LogP contribution in [0.25, 0.3) is 0 Å². The molecule has 0 aliphatic carbocycles. The lowest BCUT2D eigenvalue weighted by Crippen LogP contribution is -1.99. The molecule has 0 spiro atoms. The van der Waals surface area contributed by atoms with Gasteiger partial charge in [-0.25, -0.2) is 0 Å². The van der Waals surface area contributed by atoms with E-state index in [9.17, 15) is 15.2 Å². The van der Waals surface area contributed by atoms with E-state index in [2.05, 4.69) is 5.32 Å². The van der Waals surface area contributed by atoms with Crippen LogP contribution in [0.1, 0.15) is 11.1 Å². The zero-order valence-electron chi connectivity index (χ0n) is 6.78. The van der Waals surface area contributed by atoms with Gasteiger partial charge in [0.2, 0.25) is 0 Å². The van der Waals surface area contributed by atoms with Crippen LogP contribution in [-0.2, 0) is 13.1 Å². The van der Waals surface area contributed by atoms with Gasteiger partial charge < -0.3 is 10.4 Å². The fraction of sp³-hybridized carbons (Fsp3) is 0.250. The van der Waals surface area contributed by atoms with Crippen LogP contribution in [0.4, 0.5) is 5.69 Å². The molecule has 1 aliphatic heterocycles. The van der Waals surface area contributed by atoms with Gasteiger partial charge in [-0.3, -0.25) is 10.1 Å². The minimum atomic E-state index is -0.575. The summed E-state index contributed by atoms with van der Waals surface area (Å²) in [4.78, 5) is 9.87. The van der Waals surface area contributed by atoms with E-state index < -0.39 is 4.92 Å². The van der Waals surface area contributed by atoms with Crippen LogP contribution in [0.5, 0.6) is 5.75 Å². The van der Waals surface area contributed by atoms with Gasteiger partial charge in [-0.1, -0.05) is 0 Å². The number of hydrogen-bond acceptors (Lipinski definition) is 4. The molecule has 0 fully saturated rings. The summed E-state index contributed by atoms with van der Waals surface area (Å²) in [5.74, 6) is -0.257. The molecule has 5 heteroatoms. The predicted molar refractivity (Wildman–Crippen MR) is 45.3 cm³/mol. The van der Waals surface area contributed by atoms with Crippen LogP contribution >= 0.6 is 0 Å². The minimum Gasteiger partial charge on any atom is -0.502 e.